The van der Waals surface area contributed by atoms with E-state index in [1.54, 1.807) is 0 Å². The molecule has 0 N–H and O–H groups in total. The fourth-order valence-corrected chi connectivity index (χ4v) is 2.93. The Morgan fingerprint density at radius 1 is 0.955 bits per heavy atom. The molecule has 0 amide bonds. The molecule has 0 saturated carbocycles. The molecule has 0 aromatic heterocycles. The third-order valence-corrected chi connectivity index (χ3v) is 4.69. The van der Waals surface area contributed by atoms with Gasteiger partial charge in [0.15, 0.2) is 23.3 Å². The molecule has 22 heavy (non-hydrogen) atoms. The zero-order chi connectivity index (χ0) is 16.8. The number of unbranched alkanes of at least 4 members (excludes halogenated alkanes) is 2. The molecule has 0 aliphatic carbocycles. The molecular weight excluding hydrogens is 312 g/mol. The Morgan fingerprint density at radius 2 is 1.59 bits per heavy atom. The van der Waals surface area contributed by atoms with Crippen LogP contribution < -0.4 is 0 Å². The monoisotopic (exact) mass is 333 g/mol. The van der Waals surface area contributed by atoms with Gasteiger partial charge in [0.1, 0.15) is 0 Å². The van der Waals surface area contributed by atoms with Crippen molar-refractivity contribution in [3.05, 3.63) is 34.9 Å². The van der Waals surface area contributed by atoms with Crippen LogP contribution in [0.5, 0.6) is 0 Å². The van der Waals surface area contributed by atoms with Gasteiger partial charge in [0.25, 0.3) is 0 Å². The van der Waals surface area contributed by atoms with Crippen molar-refractivity contribution in [2.45, 2.75) is 64.4 Å². The van der Waals surface area contributed by atoms with Crippen molar-refractivity contribution in [3.63, 3.8) is 0 Å². The summed E-state index contributed by atoms with van der Waals surface area (Å²) in [4.78, 5) is 0. The van der Waals surface area contributed by atoms with Crippen molar-refractivity contribution in [1.82, 2.24) is 0 Å². The minimum Gasteiger partial charge on any atom is -0.413 e. The lowest BCUT2D eigenvalue weighted by Crippen LogP contribution is -2.30. The van der Waals surface area contributed by atoms with Crippen molar-refractivity contribution in [2.24, 2.45) is 0 Å². The van der Waals surface area contributed by atoms with E-state index < -0.39 is 23.3 Å². The van der Waals surface area contributed by atoms with Crippen LogP contribution in [0.3, 0.4) is 0 Å². The Balaban J connectivity index is 2.49. The highest BCUT2D eigenvalue weighted by Crippen LogP contribution is 2.27. The molecule has 0 saturated heterocycles. The molecule has 123 valence electrons. The summed E-state index contributed by atoms with van der Waals surface area (Å²) in [5.41, 5.74) is -0.332. The average Bonchev–Trinajstić information content (AvgIpc) is 2.54. The van der Waals surface area contributed by atoms with Gasteiger partial charge >= 0.3 is 0 Å². The quantitative estimate of drug-likeness (QED) is 0.203. The molecule has 0 aliphatic rings. The Morgan fingerprint density at radius 3 is 2.14 bits per heavy atom. The third kappa shape index (κ3) is 4.55. The van der Waals surface area contributed by atoms with Gasteiger partial charge in [-0.1, -0.05) is 26.7 Å². The Kier molecular flexibility index (Phi) is 7.55. The van der Waals surface area contributed by atoms with Crippen molar-refractivity contribution in [3.8, 4) is 0 Å². The van der Waals surface area contributed by atoms with Crippen LogP contribution in [0.15, 0.2) is 6.07 Å². The molecule has 3 radical (unpaired) electrons. The van der Waals surface area contributed by atoms with E-state index in [2.05, 4.69) is 10.5 Å². The van der Waals surface area contributed by atoms with E-state index >= 15 is 0 Å². The van der Waals surface area contributed by atoms with Crippen LogP contribution in [-0.4, -0.2) is 16.1 Å². The van der Waals surface area contributed by atoms with Crippen molar-refractivity contribution in [1.29, 1.82) is 0 Å². The van der Waals surface area contributed by atoms with Crippen molar-refractivity contribution >= 4 is 10.5 Å². The van der Waals surface area contributed by atoms with Crippen LogP contribution in [-0.2, 0) is 10.8 Å². The number of hydrogen-bond donors (Lipinski definition) is 0. The van der Waals surface area contributed by atoms with Crippen molar-refractivity contribution < 1.29 is 22.0 Å². The summed E-state index contributed by atoms with van der Waals surface area (Å²) < 4.78 is 57.9. The summed E-state index contributed by atoms with van der Waals surface area (Å²) in [5, 5.41) is 0. The average molecular weight is 333 g/mol. The lowest BCUT2D eigenvalue weighted by atomic mass is 9.90. The molecule has 1 aromatic carbocycles. The summed E-state index contributed by atoms with van der Waals surface area (Å²) in [7, 11) is 3.11. The van der Waals surface area contributed by atoms with E-state index in [4.69, 9.17) is 4.43 Å². The summed E-state index contributed by atoms with van der Waals surface area (Å²) in [6, 6.07) is 0.734. The molecule has 0 bridgehead atoms. The third-order valence-electron chi connectivity index (χ3n) is 4.26. The van der Waals surface area contributed by atoms with E-state index in [-0.39, 0.29) is 17.6 Å². The van der Waals surface area contributed by atoms with Gasteiger partial charge in [0.2, 0.25) is 10.5 Å². The molecule has 0 heterocycles. The first-order valence-corrected chi connectivity index (χ1v) is 7.98. The number of rotatable bonds is 9. The predicted octanol–water partition coefficient (Wildman–Crippen LogP) is 5.00. The van der Waals surface area contributed by atoms with Gasteiger partial charge in [0, 0.05) is 0 Å². The second-order valence-electron chi connectivity index (χ2n) is 5.51. The Labute approximate surface area is 132 Å². The molecule has 0 aliphatic heterocycles. The predicted molar refractivity (Wildman–Crippen MR) is 78.6 cm³/mol. The first-order valence-electron chi connectivity index (χ1n) is 7.57. The fraction of sp³-hybridized carbons (Fsp3) is 0.625. The Bertz CT molecular complexity index is 481. The molecule has 1 nitrogen and oxygen atoms in total. The van der Waals surface area contributed by atoms with Gasteiger partial charge in [-0.15, -0.1) is 0 Å². The number of benzene rings is 1. The molecule has 0 unspecified atom stereocenters. The van der Waals surface area contributed by atoms with Gasteiger partial charge in [-0.2, -0.15) is 0 Å². The summed E-state index contributed by atoms with van der Waals surface area (Å²) >= 11 is 0. The van der Waals surface area contributed by atoms with Crippen LogP contribution in [0.2, 0.25) is 0 Å². The molecule has 1 rings (SSSR count). The van der Waals surface area contributed by atoms with Crippen LogP contribution in [0, 0.1) is 23.3 Å². The first-order chi connectivity index (χ1) is 10.4. The van der Waals surface area contributed by atoms with Gasteiger partial charge in [-0.25, -0.2) is 17.6 Å². The van der Waals surface area contributed by atoms with Crippen LogP contribution >= 0.6 is 0 Å². The van der Waals surface area contributed by atoms with Crippen LogP contribution in [0.4, 0.5) is 17.6 Å². The zero-order valence-electron chi connectivity index (χ0n) is 12.9. The van der Waals surface area contributed by atoms with Gasteiger partial charge in [-0.05, 0) is 43.7 Å². The molecule has 0 fully saturated rings. The maximum atomic E-state index is 13.5. The molecule has 6 heteroatoms. The second kappa shape index (κ2) is 8.67. The maximum Gasteiger partial charge on any atom is 0.247 e. The first kappa shape index (κ1) is 19.2. The highest BCUT2D eigenvalue weighted by molar-refractivity contribution is 5.98. The van der Waals surface area contributed by atoms with Gasteiger partial charge in [0.05, 0.1) is 5.60 Å². The van der Waals surface area contributed by atoms with Crippen LogP contribution in [0.1, 0.15) is 57.9 Å². The van der Waals surface area contributed by atoms with E-state index in [1.165, 1.54) is 0 Å². The highest BCUT2D eigenvalue weighted by atomic mass is 28.2. The van der Waals surface area contributed by atoms with E-state index in [0.717, 1.165) is 38.2 Å². The van der Waals surface area contributed by atoms with E-state index in [1.807, 2.05) is 13.8 Å². The lowest BCUT2D eigenvalue weighted by molar-refractivity contribution is 0.0583. The van der Waals surface area contributed by atoms with E-state index in [0.29, 0.717) is 6.42 Å². The molecule has 0 spiro atoms. The molecule has 1 aromatic rings. The minimum atomic E-state index is -1.76. The second-order valence-corrected chi connectivity index (χ2v) is 5.72. The normalized spacial score (nSPS) is 12.0. The summed E-state index contributed by atoms with van der Waals surface area (Å²) in [5.74, 6) is -6.14. The lowest BCUT2D eigenvalue weighted by Gasteiger charge is -2.30. The topological polar surface area (TPSA) is 9.23 Å². The minimum absolute atomic E-state index is 0.120. The molecular formula is C16H21F4OSi. The standard InChI is InChI=1S/C16H21F4OSi/c1-3-16(4-2,21-22)9-7-5-6-8-11-10-12(17)14(19)15(20)13(11)18/h10H,3-9H2,1-2H3. The number of halogens is 4. The Hall–Kier alpha value is -0.883. The molecule has 0 atom stereocenters. The van der Waals surface area contributed by atoms with E-state index in [9.17, 15) is 17.6 Å². The SMILES string of the molecule is CCC(CC)(CCCCCc1cc(F)c(F)c(F)c1F)O[Si]. The van der Waals surface area contributed by atoms with Gasteiger partial charge in [-0.3, -0.25) is 0 Å². The fourth-order valence-electron chi connectivity index (χ4n) is 2.54. The van der Waals surface area contributed by atoms with Crippen molar-refractivity contribution in [2.75, 3.05) is 0 Å². The zero-order valence-corrected chi connectivity index (χ0v) is 13.9. The largest absolute Gasteiger partial charge is 0.413 e. The smallest absolute Gasteiger partial charge is 0.247 e. The number of hydrogen-bond acceptors (Lipinski definition) is 1. The van der Waals surface area contributed by atoms with Crippen LogP contribution in [0.25, 0.3) is 0 Å². The number of aryl methyl sites for hydroxylation is 1. The summed E-state index contributed by atoms with van der Waals surface area (Å²) in [6.45, 7) is 4.09. The highest BCUT2D eigenvalue weighted by Gasteiger charge is 2.24. The van der Waals surface area contributed by atoms with Gasteiger partial charge < -0.3 is 4.43 Å². The summed E-state index contributed by atoms with van der Waals surface area (Å²) in [6.07, 6.45) is 4.98. The maximum absolute atomic E-state index is 13.5.